The van der Waals surface area contributed by atoms with Crippen LogP contribution in [0.3, 0.4) is 0 Å². The van der Waals surface area contributed by atoms with Gasteiger partial charge in [-0.25, -0.2) is 9.47 Å². The van der Waals surface area contributed by atoms with Gasteiger partial charge >= 0.3 is 6.03 Å². The van der Waals surface area contributed by atoms with Gasteiger partial charge in [0.1, 0.15) is 11.5 Å². The van der Waals surface area contributed by atoms with Crippen LogP contribution in [0.15, 0.2) is 53.7 Å². The highest BCUT2D eigenvalue weighted by atomic mass is 32.2. The zero-order chi connectivity index (χ0) is 22.9. The molecule has 0 radical (unpaired) electrons. The first-order valence-corrected chi connectivity index (χ1v) is 10.7. The molecule has 168 valence electrons. The first-order chi connectivity index (χ1) is 15.5. The van der Waals surface area contributed by atoms with Crippen LogP contribution in [0, 0.1) is 0 Å². The summed E-state index contributed by atoms with van der Waals surface area (Å²) in [5.74, 6) is 7.71. The SMILES string of the molecule is COc1ccc(-c2nnc(SCCC(=O)NC(=O)NCc3ccccc3)n2N)c(OC)c1. The summed E-state index contributed by atoms with van der Waals surface area (Å²) in [6.07, 6.45) is 0.109. The van der Waals surface area contributed by atoms with Crippen LogP contribution in [0.2, 0.25) is 0 Å². The molecule has 0 spiro atoms. The molecule has 3 amide bonds. The number of nitrogens with zero attached hydrogens (tertiary/aromatic N) is 3. The number of urea groups is 1. The minimum atomic E-state index is -0.542. The maximum atomic E-state index is 12.0. The molecule has 0 unspecified atom stereocenters. The van der Waals surface area contributed by atoms with Gasteiger partial charge in [-0.2, -0.15) is 0 Å². The Morgan fingerprint density at radius 1 is 1.09 bits per heavy atom. The lowest BCUT2D eigenvalue weighted by Gasteiger charge is -2.10. The molecule has 1 aromatic heterocycles. The second-order valence-corrected chi connectivity index (χ2v) is 7.62. The summed E-state index contributed by atoms with van der Waals surface area (Å²) in [4.78, 5) is 23.9. The number of nitrogens with two attached hydrogens (primary N) is 1. The molecule has 4 N–H and O–H groups in total. The molecule has 0 aliphatic rings. The Morgan fingerprint density at radius 2 is 1.88 bits per heavy atom. The lowest BCUT2D eigenvalue weighted by Crippen LogP contribution is -2.39. The molecule has 1 heterocycles. The quantitative estimate of drug-likeness (QED) is 0.330. The van der Waals surface area contributed by atoms with E-state index in [1.807, 2.05) is 30.3 Å². The number of nitrogen functional groups attached to an aromatic ring is 1. The second kappa shape index (κ2) is 11.0. The first-order valence-electron chi connectivity index (χ1n) is 9.69. The molecule has 10 nitrogen and oxygen atoms in total. The highest BCUT2D eigenvalue weighted by Crippen LogP contribution is 2.32. The third-order valence-electron chi connectivity index (χ3n) is 4.42. The van der Waals surface area contributed by atoms with E-state index in [1.165, 1.54) is 16.4 Å². The van der Waals surface area contributed by atoms with Crippen molar-refractivity contribution in [3.05, 3.63) is 54.1 Å². The molecular formula is C21H24N6O4S. The monoisotopic (exact) mass is 456 g/mol. The predicted molar refractivity (Wildman–Crippen MR) is 121 cm³/mol. The van der Waals surface area contributed by atoms with Gasteiger partial charge in [-0.15, -0.1) is 10.2 Å². The number of carbonyl (C=O) groups excluding carboxylic acids is 2. The molecule has 32 heavy (non-hydrogen) atoms. The van der Waals surface area contributed by atoms with Crippen molar-refractivity contribution >= 4 is 23.7 Å². The summed E-state index contributed by atoms with van der Waals surface area (Å²) in [5, 5.41) is 13.6. The minimum absolute atomic E-state index is 0.109. The highest BCUT2D eigenvalue weighted by molar-refractivity contribution is 7.99. The Bertz CT molecular complexity index is 1070. The number of hydrogen-bond acceptors (Lipinski definition) is 8. The summed E-state index contributed by atoms with van der Waals surface area (Å²) in [7, 11) is 3.11. The molecule has 0 saturated carbocycles. The number of rotatable bonds is 9. The topological polar surface area (TPSA) is 133 Å². The summed E-state index contributed by atoms with van der Waals surface area (Å²) < 4.78 is 11.9. The van der Waals surface area contributed by atoms with Gasteiger partial charge in [0.25, 0.3) is 0 Å². The molecule has 3 rings (SSSR count). The van der Waals surface area contributed by atoms with Crippen molar-refractivity contribution in [1.82, 2.24) is 25.5 Å². The number of hydrogen-bond donors (Lipinski definition) is 3. The van der Waals surface area contributed by atoms with E-state index in [0.29, 0.717) is 40.3 Å². The zero-order valence-electron chi connectivity index (χ0n) is 17.7. The van der Waals surface area contributed by atoms with Gasteiger partial charge in [0.2, 0.25) is 11.1 Å². The van der Waals surface area contributed by atoms with E-state index >= 15 is 0 Å². The van der Waals surface area contributed by atoms with Crippen molar-refractivity contribution in [2.24, 2.45) is 0 Å². The van der Waals surface area contributed by atoms with Crippen LogP contribution in [0.5, 0.6) is 11.5 Å². The normalized spacial score (nSPS) is 10.4. The second-order valence-electron chi connectivity index (χ2n) is 6.56. The standard InChI is InChI=1S/C21H24N6O4S/c1-30-15-8-9-16(17(12-15)31-2)19-25-26-21(27(19)22)32-11-10-18(28)24-20(29)23-13-14-6-4-3-5-7-14/h3-9,12H,10-11,13,22H2,1-2H3,(H2,23,24,28,29). The Hall–Kier alpha value is -3.73. The largest absolute Gasteiger partial charge is 0.497 e. The number of thioether (sulfide) groups is 1. The third-order valence-corrected chi connectivity index (χ3v) is 5.37. The van der Waals surface area contributed by atoms with E-state index in [2.05, 4.69) is 20.8 Å². The molecule has 0 aliphatic heterocycles. The van der Waals surface area contributed by atoms with Gasteiger partial charge in [-0.05, 0) is 17.7 Å². The molecule has 3 aromatic rings. The van der Waals surface area contributed by atoms with Crippen LogP contribution in [0.1, 0.15) is 12.0 Å². The van der Waals surface area contributed by atoms with E-state index in [0.717, 1.165) is 5.56 Å². The van der Waals surface area contributed by atoms with Gasteiger partial charge < -0.3 is 20.6 Å². The van der Waals surface area contributed by atoms with Crippen LogP contribution in [-0.4, -0.2) is 46.8 Å². The van der Waals surface area contributed by atoms with E-state index in [4.69, 9.17) is 15.3 Å². The molecule has 0 bridgehead atoms. The number of aromatic nitrogens is 3. The van der Waals surface area contributed by atoms with Crippen molar-refractivity contribution < 1.29 is 19.1 Å². The van der Waals surface area contributed by atoms with Crippen LogP contribution in [-0.2, 0) is 11.3 Å². The van der Waals surface area contributed by atoms with Crippen molar-refractivity contribution in [2.75, 3.05) is 25.8 Å². The van der Waals surface area contributed by atoms with Crippen LogP contribution >= 0.6 is 11.8 Å². The number of ether oxygens (including phenoxy) is 2. The van der Waals surface area contributed by atoms with Gasteiger partial charge in [0, 0.05) is 24.8 Å². The fraction of sp³-hybridized carbons (Fsp3) is 0.238. The first kappa shape index (κ1) is 22.9. The predicted octanol–water partition coefficient (Wildman–Crippen LogP) is 2.18. The summed E-state index contributed by atoms with van der Waals surface area (Å²) in [6, 6.07) is 14.2. The third kappa shape index (κ3) is 5.91. The summed E-state index contributed by atoms with van der Waals surface area (Å²) in [5.41, 5.74) is 1.60. The maximum absolute atomic E-state index is 12.0. The molecule has 11 heteroatoms. The molecule has 0 fully saturated rings. The van der Waals surface area contributed by atoms with E-state index in [-0.39, 0.29) is 6.42 Å². The smallest absolute Gasteiger partial charge is 0.321 e. The van der Waals surface area contributed by atoms with Gasteiger partial charge in [0.05, 0.1) is 19.8 Å². The average Bonchev–Trinajstić information content (AvgIpc) is 3.17. The van der Waals surface area contributed by atoms with Gasteiger partial charge in [0.15, 0.2) is 5.82 Å². The van der Waals surface area contributed by atoms with Crippen molar-refractivity contribution in [3.63, 3.8) is 0 Å². The number of amides is 3. The zero-order valence-corrected chi connectivity index (χ0v) is 18.5. The molecule has 0 aliphatic carbocycles. The fourth-order valence-corrected chi connectivity index (χ4v) is 3.58. The Kier molecular flexibility index (Phi) is 7.92. The Morgan fingerprint density at radius 3 is 2.59 bits per heavy atom. The summed E-state index contributed by atoms with van der Waals surface area (Å²) in [6.45, 7) is 0.336. The number of benzene rings is 2. The number of nitrogens with one attached hydrogen (secondary N) is 2. The lowest BCUT2D eigenvalue weighted by atomic mass is 10.2. The molecule has 0 atom stereocenters. The fourth-order valence-electron chi connectivity index (χ4n) is 2.79. The Balaban J connectivity index is 1.50. The summed E-state index contributed by atoms with van der Waals surface area (Å²) >= 11 is 1.26. The molecule has 2 aromatic carbocycles. The van der Waals surface area contributed by atoms with Crippen molar-refractivity contribution in [1.29, 1.82) is 0 Å². The molecular weight excluding hydrogens is 432 g/mol. The molecule has 0 saturated heterocycles. The minimum Gasteiger partial charge on any atom is -0.497 e. The van der Waals surface area contributed by atoms with Crippen LogP contribution < -0.4 is 25.9 Å². The lowest BCUT2D eigenvalue weighted by molar-refractivity contribution is -0.119. The maximum Gasteiger partial charge on any atom is 0.321 e. The van der Waals surface area contributed by atoms with E-state index < -0.39 is 11.9 Å². The average molecular weight is 457 g/mol. The van der Waals surface area contributed by atoms with Crippen LogP contribution in [0.25, 0.3) is 11.4 Å². The van der Waals surface area contributed by atoms with Gasteiger partial charge in [-0.3, -0.25) is 10.1 Å². The Labute approximate surface area is 189 Å². The van der Waals surface area contributed by atoms with Crippen molar-refractivity contribution in [2.45, 2.75) is 18.1 Å². The van der Waals surface area contributed by atoms with Crippen molar-refractivity contribution in [3.8, 4) is 22.9 Å². The number of imide groups is 1. The number of carbonyl (C=O) groups is 2. The van der Waals surface area contributed by atoms with E-state index in [9.17, 15) is 9.59 Å². The van der Waals surface area contributed by atoms with Gasteiger partial charge in [-0.1, -0.05) is 42.1 Å². The number of methoxy groups -OCH3 is 2. The van der Waals surface area contributed by atoms with Crippen LogP contribution in [0.4, 0.5) is 4.79 Å². The van der Waals surface area contributed by atoms with E-state index in [1.54, 1.807) is 32.4 Å². The highest BCUT2D eigenvalue weighted by Gasteiger charge is 2.17.